The van der Waals surface area contributed by atoms with Gasteiger partial charge >= 0.3 is 0 Å². The maximum atomic E-state index is 14.3. The van der Waals surface area contributed by atoms with E-state index in [0.717, 1.165) is 39.7 Å². The highest BCUT2D eigenvalue weighted by Gasteiger charge is 2.34. The van der Waals surface area contributed by atoms with E-state index in [-0.39, 0.29) is 28.6 Å². The van der Waals surface area contributed by atoms with Gasteiger partial charge in [0.2, 0.25) is 11.8 Å². The molecule has 1 atom stereocenters. The van der Waals surface area contributed by atoms with Crippen LogP contribution < -0.4 is 9.62 Å². The van der Waals surface area contributed by atoms with Crippen molar-refractivity contribution in [3.63, 3.8) is 0 Å². The molecule has 2 amide bonds. The van der Waals surface area contributed by atoms with Crippen molar-refractivity contribution < 1.29 is 22.4 Å². The number of carbonyl (C=O) groups excluding carboxylic acids is 2. The molecule has 7 nitrogen and oxygen atoms in total. The first-order chi connectivity index (χ1) is 20.5. The quantitative estimate of drug-likeness (QED) is 0.217. The van der Waals surface area contributed by atoms with Crippen LogP contribution in [0.5, 0.6) is 0 Å². The van der Waals surface area contributed by atoms with Gasteiger partial charge in [-0.05, 0) is 66.6 Å². The molecule has 1 N–H and O–H groups in total. The number of carbonyl (C=O) groups is 2. The van der Waals surface area contributed by atoms with Gasteiger partial charge in [0.05, 0.1) is 20.6 Å². The number of anilines is 1. The van der Waals surface area contributed by atoms with E-state index >= 15 is 0 Å². The van der Waals surface area contributed by atoms with Gasteiger partial charge in [-0.2, -0.15) is 0 Å². The van der Waals surface area contributed by atoms with Crippen molar-refractivity contribution in [3.05, 3.63) is 130 Å². The van der Waals surface area contributed by atoms with Crippen LogP contribution in [0, 0.1) is 12.7 Å². The summed E-state index contributed by atoms with van der Waals surface area (Å²) in [6.45, 7) is 1.16. The molecule has 0 radical (unpaired) electrons. The van der Waals surface area contributed by atoms with Crippen molar-refractivity contribution in [3.8, 4) is 0 Å². The molecule has 4 aromatic rings. The molecular weight excluding hydrogens is 612 g/mol. The van der Waals surface area contributed by atoms with Gasteiger partial charge in [-0.1, -0.05) is 77.3 Å². The Morgan fingerprint density at radius 2 is 1.51 bits per heavy atom. The predicted molar refractivity (Wildman–Crippen MR) is 167 cm³/mol. The highest BCUT2D eigenvalue weighted by atomic mass is 35.5. The SMILES string of the molecule is CNC(=O)[C@@H](Cc1ccccc1)N(Cc1ccc(Cl)c(Cl)c1)C(=O)CN(c1ccc(C)cc1)S(=O)(=O)c1ccc(F)cc1. The molecule has 0 saturated carbocycles. The average molecular weight is 643 g/mol. The molecule has 0 aliphatic rings. The molecule has 43 heavy (non-hydrogen) atoms. The first-order valence-electron chi connectivity index (χ1n) is 13.3. The summed E-state index contributed by atoms with van der Waals surface area (Å²) in [7, 11) is -2.86. The Bertz CT molecular complexity index is 1690. The summed E-state index contributed by atoms with van der Waals surface area (Å²) >= 11 is 12.4. The van der Waals surface area contributed by atoms with Crippen molar-refractivity contribution >= 4 is 50.7 Å². The third kappa shape index (κ3) is 7.93. The topological polar surface area (TPSA) is 86.8 Å². The molecule has 0 heterocycles. The number of nitrogens with zero attached hydrogens (tertiary/aromatic N) is 2. The van der Waals surface area contributed by atoms with Gasteiger partial charge in [-0.15, -0.1) is 0 Å². The fourth-order valence-corrected chi connectivity index (χ4v) is 6.26. The maximum Gasteiger partial charge on any atom is 0.264 e. The number of likely N-dealkylation sites (N-methyl/N-ethyl adjacent to an activating group) is 1. The lowest BCUT2D eigenvalue weighted by molar-refractivity contribution is -0.139. The van der Waals surface area contributed by atoms with E-state index in [4.69, 9.17) is 23.2 Å². The summed E-state index contributed by atoms with van der Waals surface area (Å²) in [5, 5.41) is 3.23. The van der Waals surface area contributed by atoms with Crippen LogP contribution in [-0.4, -0.2) is 44.8 Å². The van der Waals surface area contributed by atoms with Crippen LogP contribution in [0.25, 0.3) is 0 Å². The van der Waals surface area contributed by atoms with Gasteiger partial charge in [-0.25, -0.2) is 12.8 Å². The average Bonchev–Trinajstić information content (AvgIpc) is 3.00. The molecule has 0 unspecified atom stereocenters. The number of hydrogen-bond acceptors (Lipinski definition) is 4. The monoisotopic (exact) mass is 641 g/mol. The molecule has 4 rings (SSSR count). The number of halogens is 3. The molecule has 4 aromatic carbocycles. The standard InChI is InChI=1S/C32H30Cl2FN3O4S/c1-22-8-13-26(14-9-22)38(43(41,42)27-15-11-25(35)12-16-27)21-31(39)37(20-24-10-17-28(33)29(34)18-24)30(32(40)36-2)19-23-6-4-3-5-7-23/h3-18,30H,19-21H2,1-2H3,(H,36,40)/t30-/m1/s1. The Morgan fingerprint density at radius 1 is 0.860 bits per heavy atom. The Labute approximate surface area is 260 Å². The zero-order chi connectivity index (χ0) is 31.1. The summed E-state index contributed by atoms with van der Waals surface area (Å²) in [5.74, 6) is -1.67. The zero-order valence-corrected chi connectivity index (χ0v) is 25.8. The second kappa shape index (κ2) is 14.0. The molecule has 0 aromatic heterocycles. The summed E-state index contributed by atoms with van der Waals surface area (Å²) in [6.07, 6.45) is 0.169. The number of hydrogen-bond donors (Lipinski definition) is 1. The first kappa shape index (κ1) is 32.0. The lowest BCUT2D eigenvalue weighted by Crippen LogP contribution is -2.53. The van der Waals surface area contributed by atoms with Gasteiger partial charge < -0.3 is 10.2 Å². The highest BCUT2D eigenvalue weighted by molar-refractivity contribution is 7.92. The van der Waals surface area contributed by atoms with Crippen molar-refractivity contribution in [2.75, 3.05) is 17.9 Å². The van der Waals surface area contributed by atoms with Crippen molar-refractivity contribution in [1.82, 2.24) is 10.2 Å². The van der Waals surface area contributed by atoms with Crippen molar-refractivity contribution in [1.29, 1.82) is 0 Å². The molecular formula is C32H30Cl2FN3O4S. The van der Waals surface area contributed by atoms with Gasteiger partial charge in [0.25, 0.3) is 10.0 Å². The minimum atomic E-state index is -4.33. The minimum absolute atomic E-state index is 0.0566. The molecule has 0 bridgehead atoms. The lowest BCUT2D eigenvalue weighted by atomic mass is 10.0. The molecule has 0 saturated heterocycles. The van der Waals surface area contributed by atoms with Gasteiger partial charge in [0.15, 0.2) is 0 Å². The van der Waals surface area contributed by atoms with Crippen LogP contribution in [0.1, 0.15) is 16.7 Å². The van der Waals surface area contributed by atoms with E-state index in [1.54, 1.807) is 42.5 Å². The van der Waals surface area contributed by atoms with E-state index in [2.05, 4.69) is 5.32 Å². The van der Waals surface area contributed by atoms with Gasteiger partial charge in [0, 0.05) is 20.0 Å². The second-order valence-corrected chi connectivity index (χ2v) is 12.6. The Kier molecular flexibility index (Phi) is 10.4. The summed E-state index contributed by atoms with van der Waals surface area (Å²) < 4.78 is 42.4. The smallest absolute Gasteiger partial charge is 0.264 e. The summed E-state index contributed by atoms with van der Waals surface area (Å²) in [4.78, 5) is 28.7. The van der Waals surface area contributed by atoms with E-state index in [9.17, 15) is 22.4 Å². The fourth-order valence-electron chi connectivity index (χ4n) is 4.53. The summed E-state index contributed by atoms with van der Waals surface area (Å²) in [6, 6.07) is 24.1. The van der Waals surface area contributed by atoms with E-state index in [1.807, 2.05) is 37.3 Å². The third-order valence-corrected chi connectivity index (χ3v) is 9.38. The van der Waals surface area contributed by atoms with Gasteiger partial charge in [-0.3, -0.25) is 13.9 Å². The van der Waals surface area contributed by atoms with Crippen LogP contribution in [-0.2, 0) is 32.6 Å². The molecule has 0 spiro atoms. The molecule has 0 aliphatic heterocycles. The van der Waals surface area contributed by atoms with Crippen LogP contribution >= 0.6 is 23.2 Å². The third-order valence-electron chi connectivity index (χ3n) is 6.86. The molecule has 0 fully saturated rings. The van der Waals surface area contributed by atoms with Crippen molar-refractivity contribution in [2.45, 2.75) is 30.8 Å². The fraction of sp³-hybridized carbons (Fsp3) is 0.188. The number of nitrogens with one attached hydrogen (secondary N) is 1. The largest absolute Gasteiger partial charge is 0.357 e. The number of aryl methyl sites for hydroxylation is 1. The first-order valence-corrected chi connectivity index (χ1v) is 15.5. The van der Waals surface area contributed by atoms with E-state index < -0.39 is 40.2 Å². The van der Waals surface area contributed by atoms with Crippen LogP contribution in [0.2, 0.25) is 10.0 Å². The predicted octanol–water partition coefficient (Wildman–Crippen LogP) is 6.02. The number of benzene rings is 4. The Balaban J connectivity index is 1.79. The molecule has 11 heteroatoms. The zero-order valence-electron chi connectivity index (χ0n) is 23.5. The second-order valence-electron chi connectivity index (χ2n) is 9.89. The van der Waals surface area contributed by atoms with Crippen LogP contribution in [0.4, 0.5) is 10.1 Å². The molecule has 0 aliphatic carbocycles. The van der Waals surface area contributed by atoms with Gasteiger partial charge in [0.1, 0.15) is 18.4 Å². The highest BCUT2D eigenvalue weighted by Crippen LogP contribution is 2.27. The lowest BCUT2D eigenvalue weighted by Gasteiger charge is -2.33. The number of amides is 2. The Hall–Kier alpha value is -3.92. The van der Waals surface area contributed by atoms with Crippen LogP contribution in [0.15, 0.2) is 102 Å². The maximum absolute atomic E-state index is 14.3. The number of rotatable bonds is 11. The Morgan fingerprint density at radius 3 is 2.12 bits per heavy atom. The van der Waals surface area contributed by atoms with Crippen LogP contribution in [0.3, 0.4) is 0 Å². The minimum Gasteiger partial charge on any atom is -0.357 e. The van der Waals surface area contributed by atoms with E-state index in [1.165, 1.54) is 11.9 Å². The molecule has 224 valence electrons. The number of sulfonamides is 1. The van der Waals surface area contributed by atoms with E-state index in [0.29, 0.717) is 10.6 Å². The summed E-state index contributed by atoms with van der Waals surface area (Å²) in [5.41, 5.74) is 2.51. The normalized spacial score (nSPS) is 11.9. The van der Waals surface area contributed by atoms with Crippen molar-refractivity contribution in [2.24, 2.45) is 0 Å².